The molecule has 1 rings (SSSR count). The summed E-state index contributed by atoms with van der Waals surface area (Å²) in [4.78, 5) is 22.7. The van der Waals surface area contributed by atoms with Gasteiger partial charge < -0.3 is 9.84 Å². The number of methoxy groups -OCH3 is 1. The summed E-state index contributed by atoms with van der Waals surface area (Å²) in [6.45, 7) is 0. The Morgan fingerprint density at radius 3 is 2.62 bits per heavy atom. The number of benzene rings is 1. The molecule has 4 nitrogen and oxygen atoms in total. The maximum atomic E-state index is 11.0. The van der Waals surface area contributed by atoms with Crippen LogP contribution in [0.1, 0.15) is 15.9 Å². The Kier molecular flexibility index (Phi) is 4.37. The quantitative estimate of drug-likeness (QED) is 0.642. The molecule has 0 aliphatic heterocycles. The number of thioether (sulfide) groups is 1. The topological polar surface area (TPSA) is 63.6 Å². The summed E-state index contributed by atoms with van der Waals surface area (Å²) in [5.74, 6) is -1.37. The summed E-state index contributed by atoms with van der Waals surface area (Å²) in [6.07, 6.45) is 1.90. The molecular weight excluding hydrogens is 228 g/mol. The van der Waals surface area contributed by atoms with Crippen molar-refractivity contribution in [3.8, 4) is 0 Å². The van der Waals surface area contributed by atoms with Gasteiger partial charge in [0.25, 0.3) is 0 Å². The summed E-state index contributed by atoms with van der Waals surface area (Å²) in [5.41, 5.74) is 0.857. The Labute approximate surface area is 97.6 Å². The molecule has 0 fully saturated rings. The van der Waals surface area contributed by atoms with E-state index < -0.39 is 5.97 Å². The predicted octanol–water partition coefficient (Wildman–Crippen LogP) is 1.82. The first-order valence-electron chi connectivity index (χ1n) is 4.55. The van der Waals surface area contributed by atoms with E-state index in [1.165, 1.54) is 24.9 Å². The zero-order valence-corrected chi connectivity index (χ0v) is 9.84. The van der Waals surface area contributed by atoms with E-state index in [0.717, 1.165) is 0 Å². The second kappa shape index (κ2) is 5.55. The molecule has 0 amide bonds. The maximum Gasteiger partial charge on any atom is 0.336 e. The van der Waals surface area contributed by atoms with Crippen molar-refractivity contribution in [2.75, 3.05) is 13.4 Å². The lowest BCUT2D eigenvalue weighted by atomic mass is 10.1. The molecule has 0 aliphatic carbocycles. The zero-order chi connectivity index (χ0) is 12.1. The van der Waals surface area contributed by atoms with Crippen LogP contribution in [-0.4, -0.2) is 30.4 Å². The molecule has 16 heavy (non-hydrogen) atoms. The second-order valence-corrected chi connectivity index (χ2v) is 3.94. The lowest BCUT2D eigenvalue weighted by Gasteiger charge is -2.05. The Bertz CT molecular complexity index is 414. The highest BCUT2D eigenvalue weighted by molar-refractivity contribution is 7.98. The molecule has 0 aliphatic rings. The van der Waals surface area contributed by atoms with Gasteiger partial charge in [-0.15, -0.1) is 11.8 Å². The van der Waals surface area contributed by atoms with Crippen molar-refractivity contribution in [3.05, 3.63) is 29.3 Å². The fourth-order valence-electron chi connectivity index (χ4n) is 1.27. The third-order valence-corrected chi connectivity index (χ3v) is 2.87. The van der Waals surface area contributed by atoms with Crippen molar-refractivity contribution in [2.45, 2.75) is 11.3 Å². The largest absolute Gasteiger partial charge is 0.478 e. The molecule has 0 saturated carbocycles. The smallest absolute Gasteiger partial charge is 0.336 e. The fourth-order valence-corrected chi connectivity index (χ4v) is 1.84. The number of carbonyl (C=O) groups is 2. The highest BCUT2D eigenvalue weighted by Gasteiger charge is 2.12. The first kappa shape index (κ1) is 12.6. The minimum atomic E-state index is -0.990. The number of carboxylic acids is 1. The Morgan fingerprint density at radius 1 is 1.44 bits per heavy atom. The summed E-state index contributed by atoms with van der Waals surface area (Å²) in [5, 5.41) is 8.98. The summed E-state index contributed by atoms with van der Waals surface area (Å²) >= 11 is 1.36. The van der Waals surface area contributed by atoms with Gasteiger partial charge in [-0.3, -0.25) is 4.79 Å². The van der Waals surface area contributed by atoms with E-state index in [1.807, 2.05) is 6.26 Å². The van der Waals surface area contributed by atoms with Crippen molar-refractivity contribution < 1.29 is 19.4 Å². The first-order chi connectivity index (χ1) is 7.58. The van der Waals surface area contributed by atoms with E-state index in [9.17, 15) is 9.59 Å². The van der Waals surface area contributed by atoms with Crippen LogP contribution in [0.15, 0.2) is 23.1 Å². The predicted molar refractivity (Wildman–Crippen MR) is 60.9 cm³/mol. The number of aromatic carboxylic acids is 1. The van der Waals surface area contributed by atoms with Gasteiger partial charge in [0.2, 0.25) is 0 Å². The van der Waals surface area contributed by atoms with Crippen LogP contribution in [0.4, 0.5) is 0 Å². The van der Waals surface area contributed by atoms with Crippen molar-refractivity contribution in [1.29, 1.82) is 0 Å². The van der Waals surface area contributed by atoms with Gasteiger partial charge in [0.15, 0.2) is 0 Å². The number of ether oxygens (including phenoxy) is 1. The third-order valence-electron chi connectivity index (χ3n) is 2.07. The van der Waals surface area contributed by atoms with Gasteiger partial charge in [-0.2, -0.15) is 0 Å². The minimum Gasteiger partial charge on any atom is -0.478 e. The molecule has 1 aromatic rings. The third kappa shape index (κ3) is 3.00. The van der Waals surface area contributed by atoms with Crippen LogP contribution in [0.3, 0.4) is 0 Å². The Balaban J connectivity index is 3.02. The molecule has 86 valence electrons. The summed E-state index contributed by atoms with van der Waals surface area (Å²) in [6, 6.07) is 4.94. The van der Waals surface area contributed by atoms with E-state index in [-0.39, 0.29) is 18.0 Å². The second-order valence-electron chi connectivity index (χ2n) is 3.09. The van der Waals surface area contributed by atoms with Crippen molar-refractivity contribution in [2.24, 2.45) is 0 Å². The van der Waals surface area contributed by atoms with Gasteiger partial charge in [0, 0.05) is 4.90 Å². The summed E-state index contributed by atoms with van der Waals surface area (Å²) < 4.78 is 4.52. The van der Waals surface area contributed by atoms with Crippen molar-refractivity contribution in [3.63, 3.8) is 0 Å². The fraction of sp³-hybridized carbons (Fsp3) is 0.273. The number of carboxylic acid groups (broad SMARTS) is 1. The highest BCUT2D eigenvalue weighted by Crippen LogP contribution is 2.22. The summed E-state index contributed by atoms with van der Waals surface area (Å²) in [7, 11) is 1.30. The molecule has 0 unspecified atom stereocenters. The van der Waals surface area contributed by atoms with E-state index in [2.05, 4.69) is 4.74 Å². The van der Waals surface area contributed by atoms with E-state index in [4.69, 9.17) is 5.11 Å². The Morgan fingerprint density at radius 2 is 2.12 bits per heavy atom. The van der Waals surface area contributed by atoms with Gasteiger partial charge >= 0.3 is 11.9 Å². The lowest BCUT2D eigenvalue weighted by molar-refractivity contribution is -0.139. The van der Waals surface area contributed by atoms with Crippen LogP contribution in [-0.2, 0) is 16.0 Å². The van der Waals surface area contributed by atoms with E-state index in [1.54, 1.807) is 12.1 Å². The first-order valence-corrected chi connectivity index (χ1v) is 5.78. The SMILES string of the molecule is COC(=O)Cc1ccc(SC)c(C(=O)O)c1. The standard InChI is InChI=1S/C11H12O4S/c1-15-10(12)6-7-3-4-9(16-2)8(5-7)11(13)14/h3-5H,6H2,1-2H3,(H,13,14). The maximum absolute atomic E-state index is 11.0. The number of hydrogen-bond donors (Lipinski definition) is 1. The van der Waals surface area contributed by atoms with Crippen molar-refractivity contribution >= 4 is 23.7 Å². The molecule has 0 atom stereocenters. The van der Waals surface area contributed by atoms with Crippen LogP contribution in [0.5, 0.6) is 0 Å². The van der Waals surface area contributed by atoms with E-state index >= 15 is 0 Å². The molecule has 0 aromatic heterocycles. The molecule has 1 aromatic carbocycles. The number of rotatable bonds is 4. The molecule has 0 radical (unpaired) electrons. The van der Waals surface area contributed by atoms with Crippen LogP contribution in [0.25, 0.3) is 0 Å². The number of carbonyl (C=O) groups excluding carboxylic acids is 1. The van der Waals surface area contributed by atoms with Crippen LogP contribution in [0, 0.1) is 0 Å². The van der Waals surface area contributed by atoms with Crippen LogP contribution < -0.4 is 0 Å². The number of esters is 1. The average molecular weight is 240 g/mol. The monoisotopic (exact) mass is 240 g/mol. The Hall–Kier alpha value is -1.49. The van der Waals surface area contributed by atoms with E-state index in [0.29, 0.717) is 10.5 Å². The van der Waals surface area contributed by atoms with Gasteiger partial charge in [-0.1, -0.05) is 6.07 Å². The van der Waals surface area contributed by atoms with Gasteiger partial charge in [-0.25, -0.2) is 4.79 Å². The molecule has 0 heterocycles. The lowest BCUT2D eigenvalue weighted by Crippen LogP contribution is -2.06. The molecule has 0 spiro atoms. The average Bonchev–Trinajstić information content (AvgIpc) is 2.28. The van der Waals surface area contributed by atoms with Crippen molar-refractivity contribution in [1.82, 2.24) is 0 Å². The van der Waals surface area contributed by atoms with Gasteiger partial charge in [-0.05, 0) is 24.0 Å². The van der Waals surface area contributed by atoms with Gasteiger partial charge in [0.05, 0.1) is 19.1 Å². The molecule has 0 saturated heterocycles. The molecule has 0 bridgehead atoms. The molecular formula is C11H12O4S. The zero-order valence-electron chi connectivity index (χ0n) is 9.02. The van der Waals surface area contributed by atoms with Gasteiger partial charge in [0.1, 0.15) is 0 Å². The van der Waals surface area contributed by atoms with Crippen LogP contribution >= 0.6 is 11.8 Å². The van der Waals surface area contributed by atoms with Crippen LogP contribution in [0.2, 0.25) is 0 Å². The molecule has 5 heteroatoms. The normalized spacial score (nSPS) is 9.88. The number of hydrogen-bond acceptors (Lipinski definition) is 4. The molecule has 1 N–H and O–H groups in total. The highest BCUT2D eigenvalue weighted by atomic mass is 32.2. The minimum absolute atomic E-state index is 0.0887.